The Hall–Kier alpha value is -0.870. The summed E-state index contributed by atoms with van der Waals surface area (Å²) in [5.74, 6) is 0.870. The number of thioether (sulfide) groups is 1. The molecule has 0 heterocycles. The largest absolute Gasteiger partial charge is 0.497 e. The molecule has 94 valence electrons. The minimum absolute atomic E-state index is 0.398. The second kappa shape index (κ2) is 5.65. The summed E-state index contributed by atoms with van der Waals surface area (Å²) in [5, 5.41) is 0.643. The van der Waals surface area contributed by atoms with Crippen molar-refractivity contribution in [3.8, 4) is 5.75 Å². The van der Waals surface area contributed by atoms with Crippen LogP contribution in [0.4, 0.5) is 5.69 Å². The Balaban J connectivity index is 2.02. The molecule has 0 saturated heterocycles. The highest BCUT2D eigenvalue weighted by Crippen LogP contribution is 2.37. The van der Waals surface area contributed by atoms with E-state index in [9.17, 15) is 0 Å². The number of hydrogen-bond donors (Lipinski definition) is 2. The fourth-order valence-electron chi connectivity index (χ4n) is 2.13. The predicted octanol–water partition coefficient (Wildman–Crippen LogP) is 2.64. The van der Waals surface area contributed by atoms with Crippen LogP contribution in [-0.2, 0) is 0 Å². The minimum atomic E-state index is 0.398. The van der Waals surface area contributed by atoms with Crippen molar-refractivity contribution < 1.29 is 4.74 Å². The minimum Gasteiger partial charge on any atom is -0.497 e. The van der Waals surface area contributed by atoms with E-state index in [-0.39, 0.29) is 0 Å². The monoisotopic (exact) mass is 252 g/mol. The van der Waals surface area contributed by atoms with Crippen LogP contribution in [0.1, 0.15) is 25.7 Å². The van der Waals surface area contributed by atoms with Crippen molar-refractivity contribution in [1.82, 2.24) is 0 Å². The molecule has 1 aliphatic carbocycles. The third-order valence-corrected chi connectivity index (χ3v) is 4.65. The third kappa shape index (κ3) is 3.30. The number of methoxy groups -OCH3 is 1. The van der Waals surface area contributed by atoms with Crippen LogP contribution < -0.4 is 16.2 Å². The van der Waals surface area contributed by atoms with Crippen molar-refractivity contribution in [3.05, 3.63) is 18.2 Å². The average molecular weight is 252 g/mol. The SMILES string of the molecule is COc1ccc(N)c(SC2CCC(N)CC2)c1. The van der Waals surface area contributed by atoms with E-state index in [2.05, 4.69) is 0 Å². The zero-order chi connectivity index (χ0) is 12.3. The molecule has 1 fully saturated rings. The van der Waals surface area contributed by atoms with Crippen molar-refractivity contribution in [2.75, 3.05) is 12.8 Å². The Kier molecular flexibility index (Phi) is 4.18. The van der Waals surface area contributed by atoms with E-state index in [0.29, 0.717) is 11.3 Å². The van der Waals surface area contributed by atoms with Gasteiger partial charge in [-0.3, -0.25) is 0 Å². The number of nitrogen functional groups attached to an aromatic ring is 1. The van der Waals surface area contributed by atoms with Crippen molar-refractivity contribution in [3.63, 3.8) is 0 Å². The zero-order valence-electron chi connectivity index (χ0n) is 10.2. The average Bonchev–Trinajstić information content (AvgIpc) is 2.35. The normalized spacial score (nSPS) is 24.6. The Morgan fingerprint density at radius 1 is 1.24 bits per heavy atom. The van der Waals surface area contributed by atoms with Crippen LogP contribution in [0.2, 0.25) is 0 Å². The summed E-state index contributed by atoms with van der Waals surface area (Å²) >= 11 is 1.86. The maximum absolute atomic E-state index is 5.99. The van der Waals surface area contributed by atoms with Gasteiger partial charge in [0.2, 0.25) is 0 Å². The van der Waals surface area contributed by atoms with Gasteiger partial charge < -0.3 is 16.2 Å². The van der Waals surface area contributed by atoms with E-state index in [4.69, 9.17) is 16.2 Å². The molecular formula is C13H20N2OS. The topological polar surface area (TPSA) is 61.3 Å². The highest BCUT2D eigenvalue weighted by atomic mass is 32.2. The molecule has 4 heteroatoms. The number of benzene rings is 1. The van der Waals surface area contributed by atoms with Crippen molar-refractivity contribution >= 4 is 17.4 Å². The summed E-state index contributed by atoms with van der Waals surface area (Å²) in [6.07, 6.45) is 4.62. The molecule has 4 N–H and O–H groups in total. The van der Waals surface area contributed by atoms with E-state index in [1.165, 1.54) is 12.8 Å². The van der Waals surface area contributed by atoms with Gasteiger partial charge in [0.1, 0.15) is 5.75 Å². The molecule has 0 aliphatic heterocycles. The molecule has 1 aromatic carbocycles. The summed E-state index contributed by atoms with van der Waals surface area (Å²) in [5.41, 5.74) is 12.7. The summed E-state index contributed by atoms with van der Waals surface area (Å²) in [6, 6.07) is 6.23. The first kappa shape index (κ1) is 12.6. The van der Waals surface area contributed by atoms with Gasteiger partial charge in [-0.25, -0.2) is 0 Å². The van der Waals surface area contributed by atoms with E-state index in [0.717, 1.165) is 29.2 Å². The van der Waals surface area contributed by atoms with Crippen molar-refractivity contribution in [2.24, 2.45) is 5.73 Å². The second-order valence-electron chi connectivity index (χ2n) is 4.56. The lowest BCUT2D eigenvalue weighted by atomic mass is 9.96. The molecule has 2 rings (SSSR count). The standard InChI is InChI=1S/C13H20N2OS/c1-16-10-4-7-12(15)13(8-10)17-11-5-2-9(14)3-6-11/h4,7-9,11H,2-3,5-6,14-15H2,1H3. The second-order valence-corrected chi connectivity index (χ2v) is 5.90. The zero-order valence-corrected chi connectivity index (χ0v) is 11.0. The fraction of sp³-hybridized carbons (Fsp3) is 0.538. The lowest BCUT2D eigenvalue weighted by Gasteiger charge is -2.26. The molecule has 1 saturated carbocycles. The van der Waals surface area contributed by atoms with Crippen LogP contribution in [0.3, 0.4) is 0 Å². The number of hydrogen-bond acceptors (Lipinski definition) is 4. The Morgan fingerprint density at radius 2 is 1.94 bits per heavy atom. The predicted molar refractivity (Wildman–Crippen MR) is 73.5 cm³/mol. The first-order valence-electron chi connectivity index (χ1n) is 6.05. The molecule has 3 nitrogen and oxygen atoms in total. The van der Waals surface area contributed by atoms with Gasteiger partial charge in [0.25, 0.3) is 0 Å². The maximum atomic E-state index is 5.99. The Bertz CT molecular complexity index is 376. The maximum Gasteiger partial charge on any atom is 0.120 e. The highest BCUT2D eigenvalue weighted by Gasteiger charge is 2.20. The lowest BCUT2D eigenvalue weighted by molar-refractivity contribution is 0.413. The van der Waals surface area contributed by atoms with Crippen LogP contribution in [0.15, 0.2) is 23.1 Å². The molecule has 0 aromatic heterocycles. The summed E-state index contributed by atoms with van der Waals surface area (Å²) in [4.78, 5) is 1.13. The number of anilines is 1. The van der Waals surface area contributed by atoms with E-state index in [1.54, 1.807) is 7.11 Å². The molecular weight excluding hydrogens is 232 g/mol. The number of ether oxygens (including phenoxy) is 1. The third-order valence-electron chi connectivity index (χ3n) is 3.23. The summed E-state index contributed by atoms with van der Waals surface area (Å²) in [7, 11) is 1.68. The lowest BCUT2D eigenvalue weighted by Crippen LogP contribution is -2.27. The Morgan fingerprint density at radius 3 is 2.59 bits per heavy atom. The van der Waals surface area contributed by atoms with Crippen LogP contribution in [-0.4, -0.2) is 18.4 Å². The van der Waals surface area contributed by atoms with Gasteiger partial charge in [0.15, 0.2) is 0 Å². The van der Waals surface area contributed by atoms with Gasteiger partial charge in [-0.1, -0.05) is 0 Å². The van der Waals surface area contributed by atoms with Gasteiger partial charge in [-0.2, -0.15) is 0 Å². The van der Waals surface area contributed by atoms with Gasteiger partial charge in [-0.15, -0.1) is 11.8 Å². The van der Waals surface area contributed by atoms with Gasteiger partial charge in [0.05, 0.1) is 7.11 Å². The van der Waals surface area contributed by atoms with E-state index in [1.807, 2.05) is 30.0 Å². The molecule has 1 aliphatic rings. The quantitative estimate of drug-likeness (QED) is 0.812. The number of rotatable bonds is 3. The molecule has 1 aromatic rings. The van der Waals surface area contributed by atoms with Gasteiger partial charge in [0, 0.05) is 21.9 Å². The van der Waals surface area contributed by atoms with Crippen LogP contribution in [0, 0.1) is 0 Å². The number of nitrogens with two attached hydrogens (primary N) is 2. The molecule has 0 spiro atoms. The van der Waals surface area contributed by atoms with E-state index >= 15 is 0 Å². The molecule has 0 amide bonds. The summed E-state index contributed by atoms with van der Waals surface area (Å²) < 4.78 is 5.23. The van der Waals surface area contributed by atoms with E-state index < -0.39 is 0 Å². The highest BCUT2D eigenvalue weighted by molar-refractivity contribution is 8.00. The van der Waals surface area contributed by atoms with Crippen molar-refractivity contribution in [2.45, 2.75) is 41.9 Å². The molecule has 17 heavy (non-hydrogen) atoms. The molecule has 0 radical (unpaired) electrons. The smallest absolute Gasteiger partial charge is 0.120 e. The summed E-state index contributed by atoms with van der Waals surface area (Å²) in [6.45, 7) is 0. The first-order chi connectivity index (χ1) is 8.19. The fourth-order valence-corrected chi connectivity index (χ4v) is 3.39. The van der Waals surface area contributed by atoms with Crippen LogP contribution in [0.25, 0.3) is 0 Å². The molecule has 0 unspecified atom stereocenters. The van der Waals surface area contributed by atoms with Crippen LogP contribution in [0.5, 0.6) is 5.75 Å². The molecule has 0 bridgehead atoms. The Labute approximate surface area is 107 Å². The van der Waals surface area contributed by atoms with Gasteiger partial charge in [-0.05, 0) is 43.9 Å². The van der Waals surface area contributed by atoms with Crippen molar-refractivity contribution in [1.29, 1.82) is 0 Å². The van der Waals surface area contributed by atoms with Crippen LogP contribution >= 0.6 is 11.8 Å². The first-order valence-corrected chi connectivity index (χ1v) is 6.92. The molecule has 0 atom stereocenters. The van der Waals surface area contributed by atoms with Gasteiger partial charge >= 0.3 is 0 Å².